The molecule has 0 unspecified atom stereocenters. The summed E-state index contributed by atoms with van der Waals surface area (Å²) in [7, 11) is 0. The first-order valence-electron chi connectivity index (χ1n) is 7.96. The highest BCUT2D eigenvalue weighted by Crippen LogP contribution is 2.35. The van der Waals surface area contributed by atoms with Crippen molar-refractivity contribution in [3.05, 3.63) is 12.2 Å². The van der Waals surface area contributed by atoms with E-state index in [0.717, 1.165) is 31.9 Å². The van der Waals surface area contributed by atoms with Crippen molar-refractivity contribution in [1.82, 2.24) is 19.7 Å². The summed E-state index contributed by atoms with van der Waals surface area (Å²) in [5, 5.41) is 4.35. The highest BCUT2D eigenvalue weighted by molar-refractivity contribution is 4.98. The molecule has 1 saturated carbocycles. The molecule has 0 amide bonds. The Labute approximate surface area is 122 Å². The van der Waals surface area contributed by atoms with E-state index in [1.807, 2.05) is 4.68 Å². The Bertz CT molecular complexity index is 406. The zero-order valence-corrected chi connectivity index (χ0v) is 13.2. The molecule has 20 heavy (non-hydrogen) atoms. The van der Waals surface area contributed by atoms with Gasteiger partial charge in [0.05, 0.1) is 6.54 Å². The summed E-state index contributed by atoms with van der Waals surface area (Å²) in [5.41, 5.74) is 6.33. The molecule has 5 heteroatoms. The minimum Gasteiger partial charge on any atom is -0.329 e. The van der Waals surface area contributed by atoms with Gasteiger partial charge in [0, 0.05) is 18.1 Å². The van der Waals surface area contributed by atoms with Gasteiger partial charge in [0.1, 0.15) is 12.2 Å². The molecule has 1 aromatic rings. The molecule has 1 aromatic heterocycles. The molecule has 0 aliphatic heterocycles. The van der Waals surface area contributed by atoms with E-state index in [1.54, 1.807) is 6.33 Å². The molecule has 1 heterocycles. The Morgan fingerprint density at radius 2 is 2.10 bits per heavy atom. The van der Waals surface area contributed by atoms with Crippen LogP contribution in [0.2, 0.25) is 0 Å². The molecule has 1 fully saturated rings. The number of nitrogens with two attached hydrogens (primary N) is 1. The Morgan fingerprint density at radius 3 is 2.65 bits per heavy atom. The molecular formula is C15H29N5. The molecule has 0 saturated heterocycles. The highest BCUT2D eigenvalue weighted by atomic mass is 15.4. The van der Waals surface area contributed by atoms with Crippen LogP contribution in [-0.4, -0.2) is 38.3 Å². The minimum atomic E-state index is 0.184. The molecule has 0 bridgehead atoms. The fourth-order valence-electron chi connectivity index (χ4n) is 3.43. The zero-order chi connectivity index (χ0) is 14.6. The van der Waals surface area contributed by atoms with Crippen LogP contribution in [0.25, 0.3) is 0 Å². The SMILES string of the molecule is CCCN(Cc1ncnn1C(C)C)C1(CN)CCCC1. The van der Waals surface area contributed by atoms with Gasteiger partial charge in [-0.1, -0.05) is 19.8 Å². The molecule has 0 aromatic carbocycles. The largest absolute Gasteiger partial charge is 0.329 e. The number of hydrogen-bond acceptors (Lipinski definition) is 4. The van der Waals surface area contributed by atoms with Gasteiger partial charge in [-0.05, 0) is 39.7 Å². The van der Waals surface area contributed by atoms with Gasteiger partial charge in [-0.25, -0.2) is 9.67 Å². The molecule has 0 radical (unpaired) electrons. The van der Waals surface area contributed by atoms with Crippen LogP contribution >= 0.6 is 0 Å². The van der Waals surface area contributed by atoms with E-state index in [1.165, 1.54) is 25.7 Å². The second kappa shape index (κ2) is 6.68. The maximum absolute atomic E-state index is 6.14. The Kier molecular flexibility index (Phi) is 5.16. The quantitative estimate of drug-likeness (QED) is 0.832. The summed E-state index contributed by atoms with van der Waals surface area (Å²) >= 11 is 0. The van der Waals surface area contributed by atoms with Gasteiger partial charge in [0.2, 0.25) is 0 Å². The van der Waals surface area contributed by atoms with E-state index in [-0.39, 0.29) is 5.54 Å². The summed E-state index contributed by atoms with van der Waals surface area (Å²) in [4.78, 5) is 7.02. The van der Waals surface area contributed by atoms with Crippen molar-refractivity contribution in [3.63, 3.8) is 0 Å². The summed E-state index contributed by atoms with van der Waals surface area (Å²) in [6, 6.07) is 0.355. The first-order valence-corrected chi connectivity index (χ1v) is 7.96. The molecule has 0 spiro atoms. The standard InChI is InChI=1S/C15H29N5/c1-4-9-19(15(11-16)7-5-6-8-15)10-14-17-12-18-20(14)13(2)3/h12-13H,4-11,16H2,1-3H3. The fraction of sp³-hybridized carbons (Fsp3) is 0.867. The molecule has 5 nitrogen and oxygen atoms in total. The second-order valence-corrected chi connectivity index (χ2v) is 6.27. The molecule has 2 N–H and O–H groups in total. The van der Waals surface area contributed by atoms with Crippen molar-refractivity contribution in [2.75, 3.05) is 13.1 Å². The lowest BCUT2D eigenvalue weighted by Gasteiger charge is -2.40. The van der Waals surface area contributed by atoms with Crippen molar-refractivity contribution >= 4 is 0 Å². The molecular weight excluding hydrogens is 250 g/mol. The predicted octanol–water partition coefficient (Wildman–Crippen LogP) is 2.34. The third-order valence-electron chi connectivity index (χ3n) is 4.55. The Morgan fingerprint density at radius 1 is 1.40 bits per heavy atom. The van der Waals surface area contributed by atoms with Crippen molar-refractivity contribution in [3.8, 4) is 0 Å². The zero-order valence-electron chi connectivity index (χ0n) is 13.2. The Balaban J connectivity index is 2.18. The third-order valence-corrected chi connectivity index (χ3v) is 4.55. The lowest BCUT2D eigenvalue weighted by Crippen LogP contribution is -2.52. The second-order valence-electron chi connectivity index (χ2n) is 6.27. The van der Waals surface area contributed by atoms with Gasteiger partial charge in [-0.2, -0.15) is 5.10 Å². The van der Waals surface area contributed by atoms with E-state index >= 15 is 0 Å². The summed E-state index contributed by atoms with van der Waals surface area (Å²) < 4.78 is 2.03. The van der Waals surface area contributed by atoms with E-state index in [0.29, 0.717) is 6.04 Å². The topological polar surface area (TPSA) is 60.0 Å². The smallest absolute Gasteiger partial charge is 0.141 e. The average molecular weight is 279 g/mol. The van der Waals surface area contributed by atoms with Crippen LogP contribution in [-0.2, 0) is 6.54 Å². The molecule has 114 valence electrons. The molecule has 1 aliphatic rings. The number of nitrogens with zero attached hydrogens (tertiary/aromatic N) is 4. The van der Waals surface area contributed by atoms with Crippen LogP contribution in [0.15, 0.2) is 6.33 Å². The van der Waals surface area contributed by atoms with Crippen molar-refractivity contribution < 1.29 is 0 Å². The summed E-state index contributed by atoms with van der Waals surface area (Å²) in [6.45, 7) is 9.24. The van der Waals surface area contributed by atoms with E-state index in [9.17, 15) is 0 Å². The van der Waals surface area contributed by atoms with Crippen LogP contribution in [0, 0.1) is 0 Å². The third kappa shape index (κ3) is 3.04. The van der Waals surface area contributed by atoms with Gasteiger partial charge in [0.25, 0.3) is 0 Å². The van der Waals surface area contributed by atoms with Crippen LogP contribution in [0.3, 0.4) is 0 Å². The van der Waals surface area contributed by atoms with Crippen LogP contribution < -0.4 is 5.73 Å². The monoisotopic (exact) mass is 279 g/mol. The fourth-order valence-corrected chi connectivity index (χ4v) is 3.43. The first-order chi connectivity index (χ1) is 9.63. The normalized spacial score (nSPS) is 18.3. The van der Waals surface area contributed by atoms with Gasteiger partial charge in [0.15, 0.2) is 0 Å². The first kappa shape index (κ1) is 15.4. The summed E-state index contributed by atoms with van der Waals surface area (Å²) in [5.74, 6) is 1.06. The maximum atomic E-state index is 6.14. The average Bonchev–Trinajstić information content (AvgIpc) is 3.07. The number of aromatic nitrogens is 3. The van der Waals surface area contributed by atoms with Crippen LogP contribution in [0.1, 0.15) is 64.7 Å². The molecule has 0 atom stereocenters. The van der Waals surface area contributed by atoms with E-state index in [4.69, 9.17) is 5.73 Å². The van der Waals surface area contributed by atoms with E-state index in [2.05, 4.69) is 35.8 Å². The predicted molar refractivity (Wildman–Crippen MR) is 81.4 cm³/mol. The van der Waals surface area contributed by atoms with Gasteiger partial charge in [-0.15, -0.1) is 0 Å². The van der Waals surface area contributed by atoms with E-state index < -0.39 is 0 Å². The molecule has 2 rings (SSSR count). The molecule has 1 aliphatic carbocycles. The van der Waals surface area contributed by atoms with Crippen molar-refractivity contribution in [1.29, 1.82) is 0 Å². The minimum absolute atomic E-state index is 0.184. The highest BCUT2D eigenvalue weighted by Gasteiger charge is 2.38. The van der Waals surface area contributed by atoms with Gasteiger partial charge in [-0.3, -0.25) is 4.90 Å². The van der Waals surface area contributed by atoms with Gasteiger partial charge < -0.3 is 5.73 Å². The number of rotatable bonds is 7. The lowest BCUT2D eigenvalue weighted by molar-refractivity contribution is 0.0852. The van der Waals surface area contributed by atoms with Crippen LogP contribution in [0.4, 0.5) is 0 Å². The van der Waals surface area contributed by atoms with Crippen LogP contribution in [0.5, 0.6) is 0 Å². The van der Waals surface area contributed by atoms with Crippen molar-refractivity contribution in [2.45, 2.75) is 71.0 Å². The lowest BCUT2D eigenvalue weighted by atomic mass is 9.94. The number of hydrogen-bond donors (Lipinski definition) is 1. The van der Waals surface area contributed by atoms with Crippen molar-refractivity contribution in [2.24, 2.45) is 5.73 Å². The summed E-state index contributed by atoms with van der Waals surface area (Å²) in [6.07, 6.45) is 7.86. The van der Waals surface area contributed by atoms with Gasteiger partial charge >= 0.3 is 0 Å². The Hall–Kier alpha value is -0.940. The maximum Gasteiger partial charge on any atom is 0.141 e.